The lowest BCUT2D eigenvalue weighted by Gasteiger charge is -2.34. The first-order valence-corrected chi connectivity index (χ1v) is 10.0. The van der Waals surface area contributed by atoms with Crippen molar-refractivity contribution in [2.45, 2.75) is 38.4 Å². The highest BCUT2D eigenvalue weighted by Crippen LogP contribution is 2.37. The van der Waals surface area contributed by atoms with E-state index < -0.39 is 39.4 Å². The van der Waals surface area contributed by atoms with Crippen LogP contribution < -0.4 is 14.2 Å². The Morgan fingerprint density at radius 2 is 1.66 bits per heavy atom. The number of ether oxygens (including phenoxy) is 4. The van der Waals surface area contributed by atoms with Crippen LogP contribution in [0.5, 0.6) is 17.2 Å². The summed E-state index contributed by atoms with van der Waals surface area (Å²) in [6.45, 7) is 2.20. The van der Waals surface area contributed by atoms with Crippen molar-refractivity contribution in [3.63, 3.8) is 0 Å². The zero-order chi connectivity index (χ0) is 22.8. The van der Waals surface area contributed by atoms with Gasteiger partial charge < -0.3 is 18.9 Å². The summed E-state index contributed by atoms with van der Waals surface area (Å²) in [7, 11) is 0. The number of carbonyl (C=O) groups is 1. The van der Waals surface area contributed by atoms with Crippen molar-refractivity contribution >= 4 is 17.3 Å². The average molecular weight is 444 g/mol. The van der Waals surface area contributed by atoms with Gasteiger partial charge in [0.2, 0.25) is 6.79 Å². The monoisotopic (exact) mass is 444 g/mol. The van der Waals surface area contributed by atoms with E-state index in [1.165, 1.54) is 0 Å². The molecule has 0 aromatic heterocycles. The van der Waals surface area contributed by atoms with Gasteiger partial charge in [-0.2, -0.15) is 0 Å². The van der Waals surface area contributed by atoms with E-state index >= 15 is 0 Å². The molecule has 4 rings (SSSR count). The number of rotatable bonds is 6. The largest absolute Gasteiger partial charge is 0.486 e. The fourth-order valence-electron chi connectivity index (χ4n) is 3.81. The minimum Gasteiger partial charge on any atom is -0.486 e. The first-order valence-electron chi connectivity index (χ1n) is 10.0. The number of nitro benzene ring substituents is 2. The van der Waals surface area contributed by atoms with Crippen molar-refractivity contribution in [3.05, 3.63) is 62.2 Å². The number of hydrogen-bond acceptors (Lipinski definition) is 9. The fraction of sp³-hybridized carbons (Fsp3) is 0.381. The molecule has 0 spiro atoms. The zero-order valence-electron chi connectivity index (χ0n) is 17.1. The average Bonchev–Trinajstić information content (AvgIpc) is 3.23. The lowest BCUT2D eigenvalue weighted by atomic mass is 9.86. The summed E-state index contributed by atoms with van der Waals surface area (Å²) >= 11 is 0. The molecule has 0 amide bonds. The van der Waals surface area contributed by atoms with Crippen molar-refractivity contribution in [1.82, 2.24) is 0 Å². The molecule has 1 fully saturated rings. The van der Waals surface area contributed by atoms with E-state index in [0.29, 0.717) is 36.0 Å². The molecule has 2 aromatic carbocycles. The molecular formula is C21H20N2O9. The highest BCUT2D eigenvalue weighted by molar-refractivity contribution is 5.91. The number of esters is 1. The molecule has 1 aliphatic heterocycles. The predicted molar refractivity (Wildman–Crippen MR) is 109 cm³/mol. The van der Waals surface area contributed by atoms with Gasteiger partial charge in [0.15, 0.2) is 11.5 Å². The highest BCUT2D eigenvalue weighted by Gasteiger charge is 2.34. The quantitative estimate of drug-likeness (QED) is 0.367. The maximum absolute atomic E-state index is 12.7. The third kappa shape index (κ3) is 4.56. The summed E-state index contributed by atoms with van der Waals surface area (Å²) in [5, 5.41) is 22.2. The van der Waals surface area contributed by atoms with Gasteiger partial charge in [-0.25, -0.2) is 4.79 Å². The SMILES string of the molecule is C[C@@H]1CC[C@H](OC(=O)c2cc([N+](=O)[O-])cc([N+](=O)[O-])c2)[C@@H](Oc2ccc3c(c2)OCO3)C1. The Bertz CT molecular complexity index is 1040. The number of benzene rings is 2. The van der Waals surface area contributed by atoms with Crippen LogP contribution in [-0.4, -0.2) is 34.8 Å². The van der Waals surface area contributed by atoms with Crippen LogP contribution in [0, 0.1) is 26.1 Å². The molecule has 1 aliphatic carbocycles. The second-order valence-electron chi connectivity index (χ2n) is 7.79. The first-order chi connectivity index (χ1) is 15.3. The molecule has 0 unspecified atom stereocenters. The molecule has 168 valence electrons. The fourth-order valence-corrected chi connectivity index (χ4v) is 3.81. The molecule has 1 saturated carbocycles. The topological polar surface area (TPSA) is 140 Å². The third-order valence-corrected chi connectivity index (χ3v) is 5.44. The van der Waals surface area contributed by atoms with Gasteiger partial charge in [0, 0.05) is 18.2 Å². The predicted octanol–water partition coefficient (Wildman–Crippen LogP) is 4.02. The molecule has 32 heavy (non-hydrogen) atoms. The summed E-state index contributed by atoms with van der Waals surface area (Å²) < 4.78 is 22.4. The van der Waals surface area contributed by atoms with Crippen LogP contribution in [0.25, 0.3) is 0 Å². The molecular weight excluding hydrogens is 424 g/mol. The van der Waals surface area contributed by atoms with Gasteiger partial charge in [-0.15, -0.1) is 0 Å². The van der Waals surface area contributed by atoms with Crippen molar-refractivity contribution < 1.29 is 33.6 Å². The molecule has 0 radical (unpaired) electrons. The van der Waals surface area contributed by atoms with E-state index in [-0.39, 0.29) is 12.4 Å². The van der Waals surface area contributed by atoms with Gasteiger partial charge >= 0.3 is 5.97 Å². The lowest BCUT2D eigenvalue weighted by molar-refractivity contribution is -0.394. The summed E-state index contributed by atoms with van der Waals surface area (Å²) in [6.07, 6.45) is 0.869. The Morgan fingerprint density at radius 1 is 0.969 bits per heavy atom. The van der Waals surface area contributed by atoms with E-state index in [9.17, 15) is 25.0 Å². The van der Waals surface area contributed by atoms with Crippen LogP contribution >= 0.6 is 0 Å². The maximum atomic E-state index is 12.7. The van der Waals surface area contributed by atoms with Crippen LogP contribution in [0.3, 0.4) is 0 Å². The highest BCUT2D eigenvalue weighted by atomic mass is 16.7. The Hall–Kier alpha value is -3.89. The van der Waals surface area contributed by atoms with Gasteiger partial charge in [0.05, 0.1) is 21.5 Å². The number of carbonyl (C=O) groups excluding carboxylic acids is 1. The molecule has 0 bridgehead atoms. The number of hydrogen-bond donors (Lipinski definition) is 0. The van der Waals surface area contributed by atoms with Crippen LogP contribution in [0.4, 0.5) is 11.4 Å². The summed E-state index contributed by atoms with van der Waals surface area (Å²) in [4.78, 5) is 33.4. The van der Waals surface area contributed by atoms with Crippen LogP contribution in [0.15, 0.2) is 36.4 Å². The van der Waals surface area contributed by atoms with Crippen molar-refractivity contribution in [3.8, 4) is 17.2 Å². The molecule has 3 atom stereocenters. The minimum absolute atomic E-state index is 0.134. The number of nitro groups is 2. The van der Waals surface area contributed by atoms with Gasteiger partial charge in [0.1, 0.15) is 18.0 Å². The molecule has 11 nitrogen and oxygen atoms in total. The van der Waals surface area contributed by atoms with Crippen LogP contribution in [0.1, 0.15) is 36.5 Å². The smallest absolute Gasteiger partial charge is 0.339 e. The molecule has 2 aliphatic rings. The molecule has 0 N–H and O–H groups in total. The summed E-state index contributed by atoms with van der Waals surface area (Å²) in [5.74, 6) is 1.16. The second-order valence-corrected chi connectivity index (χ2v) is 7.79. The van der Waals surface area contributed by atoms with E-state index in [2.05, 4.69) is 6.92 Å². The second kappa shape index (κ2) is 8.69. The van der Waals surface area contributed by atoms with E-state index in [1.54, 1.807) is 18.2 Å². The molecule has 11 heteroatoms. The third-order valence-electron chi connectivity index (χ3n) is 5.44. The Balaban J connectivity index is 1.53. The number of fused-ring (bicyclic) bond motifs is 1. The van der Waals surface area contributed by atoms with Gasteiger partial charge in [-0.05, 0) is 37.3 Å². The molecule has 2 aromatic rings. The summed E-state index contributed by atoms with van der Waals surface area (Å²) in [6, 6.07) is 7.89. The van der Waals surface area contributed by atoms with E-state index in [1.807, 2.05) is 0 Å². The van der Waals surface area contributed by atoms with E-state index in [0.717, 1.165) is 24.6 Å². The van der Waals surface area contributed by atoms with Crippen LogP contribution in [0.2, 0.25) is 0 Å². The van der Waals surface area contributed by atoms with Crippen LogP contribution in [-0.2, 0) is 4.74 Å². The molecule has 1 heterocycles. The number of nitrogens with zero attached hydrogens (tertiary/aromatic N) is 2. The van der Waals surface area contributed by atoms with Gasteiger partial charge in [-0.3, -0.25) is 20.2 Å². The van der Waals surface area contributed by atoms with Crippen molar-refractivity contribution in [2.24, 2.45) is 5.92 Å². The van der Waals surface area contributed by atoms with Crippen molar-refractivity contribution in [1.29, 1.82) is 0 Å². The van der Waals surface area contributed by atoms with Gasteiger partial charge in [-0.1, -0.05) is 6.92 Å². The Kier molecular flexibility index (Phi) is 5.80. The minimum atomic E-state index is -0.879. The standard InChI is InChI=1S/C21H20N2O9/c1-12-2-4-18(20(6-12)31-16-3-5-17-19(10-16)30-11-29-17)32-21(24)13-7-14(22(25)26)9-15(8-13)23(27)28/h3,5,7-10,12,18,20H,2,4,6,11H2,1H3/t12-,18+,20+/m1/s1. The first kappa shape index (κ1) is 21.3. The zero-order valence-corrected chi connectivity index (χ0v) is 17.1. The normalized spacial score (nSPS) is 21.6. The van der Waals surface area contributed by atoms with E-state index in [4.69, 9.17) is 18.9 Å². The maximum Gasteiger partial charge on any atom is 0.339 e. The summed E-state index contributed by atoms with van der Waals surface area (Å²) in [5.41, 5.74) is -1.38. The Morgan fingerprint density at radius 3 is 2.34 bits per heavy atom. The van der Waals surface area contributed by atoms with Crippen molar-refractivity contribution in [2.75, 3.05) is 6.79 Å². The number of non-ortho nitro benzene ring substituents is 2. The Labute approximate surface area is 182 Å². The van der Waals surface area contributed by atoms with Gasteiger partial charge in [0.25, 0.3) is 11.4 Å². The lowest BCUT2D eigenvalue weighted by Crippen LogP contribution is -2.40. The molecule has 0 saturated heterocycles.